The fraction of sp³-hybridized carbons (Fsp3) is 0.294. The van der Waals surface area contributed by atoms with Crippen molar-refractivity contribution in [2.24, 2.45) is 5.73 Å². The minimum Gasteiger partial charge on any atom is -0.465 e. The van der Waals surface area contributed by atoms with Crippen LogP contribution in [0.15, 0.2) is 48.2 Å². The summed E-state index contributed by atoms with van der Waals surface area (Å²) in [4.78, 5) is 23.1. The van der Waals surface area contributed by atoms with Crippen LogP contribution in [0.3, 0.4) is 0 Å². The fourth-order valence-electron chi connectivity index (χ4n) is 1.56. The third-order valence-electron chi connectivity index (χ3n) is 2.86. The monoisotopic (exact) mass is 318 g/mol. The van der Waals surface area contributed by atoms with Crippen molar-refractivity contribution in [3.8, 4) is 0 Å². The summed E-state index contributed by atoms with van der Waals surface area (Å²) in [6.45, 7) is 2.18. The maximum Gasteiger partial charge on any atom is 0.338 e. The summed E-state index contributed by atoms with van der Waals surface area (Å²) in [7, 11) is 0. The summed E-state index contributed by atoms with van der Waals surface area (Å²) in [5, 5.41) is 0. The largest absolute Gasteiger partial charge is 0.465 e. The molecular weight excluding hydrogens is 296 g/mol. The van der Waals surface area contributed by atoms with E-state index in [0.717, 1.165) is 0 Å². The van der Waals surface area contributed by atoms with Crippen molar-refractivity contribution >= 4 is 17.6 Å². The number of allylic oxidation sites excluding steroid dienone is 2. The van der Waals surface area contributed by atoms with Crippen molar-refractivity contribution in [2.45, 2.75) is 19.8 Å². The van der Waals surface area contributed by atoms with Crippen LogP contribution in [0.2, 0.25) is 0 Å². The lowest BCUT2D eigenvalue weighted by Crippen LogP contribution is -2.10. The molecule has 0 heterocycles. The minimum absolute atomic E-state index is 0.153. The molecule has 124 valence electrons. The van der Waals surface area contributed by atoms with Gasteiger partial charge in [-0.05, 0) is 37.3 Å². The van der Waals surface area contributed by atoms with Gasteiger partial charge < -0.3 is 20.9 Å². The van der Waals surface area contributed by atoms with E-state index in [9.17, 15) is 9.59 Å². The van der Waals surface area contributed by atoms with Crippen LogP contribution < -0.4 is 11.5 Å². The van der Waals surface area contributed by atoms with Gasteiger partial charge in [0.05, 0.1) is 25.2 Å². The molecule has 6 nitrogen and oxygen atoms in total. The van der Waals surface area contributed by atoms with Gasteiger partial charge in [0.1, 0.15) is 0 Å². The standard InChI is InChI=1S/C17H22N2O4/c1-2-14(18)5-3-6-16(20)22-11-4-12-23-17(21)13-7-9-15(19)10-8-13/h2-3,5,7-10H,4,6,11-12,18-19H2,1H3/b5-3-,14-2+. The van der Waals surface area contributed by atoms with Gasteiger partial charge in [0.25, 0.3) is 0 Å². The van der Waals surface area contributed by atoms with E-state index in [0.29, 0.717) is 23.4 Å². The zero-order valence-electron chi connectivity index (χ0n) is 13.2. The normalized spacial score (nSPS) is 11.4. The van der Waals surface area contributed by atoms with E-state index in [1.54, 1.807) is 42.5 Å². The average Bonchev–Trinajstić information content (AvgIpc) is 2.54. The molecule has 0 aliphatic heterocycles. The van der Waals surface area contributed by atoms with Crippen LogP contribution in [0.5, 0.6) is 0 Å². The number of ether oxygens (including phenoxy) is 2. The second-order valence-electron chi connectivity index (χ2n) is 4.73. The Labute approximate surface area is 135 Å². The van der Waals surface area contributed by atoms with Gasteiger partial charge in [-0.1, -0.05) is 12.2 Å². The Kier molecular flexibility index (Phi) is 7.99. The molecule has 0 saturated carbocycles. The predicted molar refractivity (Wildman–Crippen MR) is 88.4 cm³/mol. The molecule has 4 N–H and O–H groups in total. The Morgan fingerprint density at radius 2 is 1.78 bits per heavy atom. The highest BCUT2D eigenvalue weighted by Crippen LogP contribution is 2.07. The van der Waals surface area contributed by atoms with Gasteiger partial charge in [0, 0.05) is 17.8 Å². The lowest BCUT2D eigenvalue weighted by Gasteiger charge is -2.06. The first kappa shape index (κ1) is 18.3. The highest BCUT2D eigenvalue weighted by Gasteiger charge is 2.06. The first-order valence-corrected chi connectivity index (χ1v) is 7.29. The molecule has 0 saturated heterocycles. The van der Waals surface area contributed by atoms with Gasteiger partial charge in [0.15, 0.2) is 0 Å². The number of nitrogens with two attached hydrogens (primary N) is 2. The summed E-state index contributed by atoms with van der Waals surface area (Å²) in [5.74, 6) is -0.781. The van der Waals surface area contributed by atoms with Crippen LogP contribution in [-0.4, -0.2) is 25.2 Å². The van der Waals surface area contributed by atoms with Crippen molar-refractivity contribution in [3.63, 3.8) is 0 Å². The number of carbonyl (C=O) groups excluding carboxylic acids is 2. The van der Waals surface area contributed by atoms with Crippen LogP contribution in [-0.2, 0) is 14.3 Å². The smallest absolute Gasteiger partial charge is 0.338 e. The third-order valence-corrected chi connectivity index (χ3v) is 2.86. The van der Waals surface area contributed by atoms with Crippen molar-refractivity contribution in [2.75, 3.05) is 18.9 Å². The van der Waals surface area contributed by atoms with Crippen LogP contribution in [0.4, 0.5) is 5.69 Å². The van der Waals surface area contributed by atoms with Crippen LogP contribution in [0.1, 0.15) is 30.1 Å². The number of benzene rings is 1. The third kappa shape index (κ3) is 7.71. The Bertz CT molecular complexity index is 577. The second-order valence-corrected chi connectivity index (χ2v) is 4.73. The molecule has 0 atom stereocenters. The van der Waals surface area contributed by atoms with Gasteiger partial charge >= 0.3 is 11.9 Å². The van der Waals surface area contributed by atoms with E-state index in [1.165, 1.54) is 0 Å². The van der Waals surface area contributed by atoms with E-state index in [1.807, 2.05) is 6.92 Å². The molecule has 0 amide bonds. The number of esters is 2. The SMILES string of the molecule is C/C=C(N)\C=C/CC(=O)OCCCOC(=O)c1ccc(N)cc1. The van der Waals surface area contributed by atoms with Crippen molar-refractivity contribution in [3.05, 3.63) is 53.8 Å². The second kappa shape index (κ2) is 10.0. The quantitative estimate of drug-likeness (QED) is 0.329. The van der Waals surface area contributed by atoms with Crippen LogP contribution in [0, 0.1) is 0 Å². The number of carbonyl (C=O) groups is 2. The Balaban J connectivity index is 2.15. The molecule has 0 unspecified atom stereocenters. The van der Waals surface area contributed by atoms with Crippen molar-refractivity contribution < 1.29 is 19.1 Å². The summed E-state index contributed by atoms with van der Waals surface area (Å²) < 4.78 is 10.1. The summed E-state index contributed by atoms with van der Waals surface area (Å²) in [6.07, 6.45) is 5.61. The van der Waals surface area contributed by atoms with E-state index in [4.69, 9.17) is 20.9 Å². The number of nitrogen functional groups attached to an aromatic ring is 1. The molecule has 1 rings (SSSR count). The first-order valence-electron chi connectivity index (χ1n) is 7.29. The lowest BCUT2D eigenvalue weighted by atomic mass is 10.2. The molecule has 23 heavy (non-hydrogen) atoms. The Morgan fingerprint density at radius 3 is 2.43 bits per heavy atom. The highest BCUT2D eigenvalue weighted by atomic mass is 16.5. The van der Waals surface area contributed by atoms with Gasteiger partial charge in [-0.25, -0.2) is 4.79 Å². The predicted octanol–water partition coefficient (Wildman–Crippen LogP) is 2.17. The summed E-state index contributed by atoms with van der Waals surface area (Å²) in [5.41, 5.74) is 12.7. The molecule has 1 aromatic rings. The van der Waals surface area contributed by atoms with E-state index < -0.39 is 5.97 Å². The number of hydrogen-bond acceptors (Lipinski definition) is 6. The number of anilines is 1. The number of rotatable bonds is 8. The average molecular weight is 318 g/mol. The molecule has 0 aliphatic carbocycles. The lowest BCUT2D eigenvalue weighted by molar-refractivity contribution is -0.142. The van der Waals surface area contributed by atoms with Gasteiger partial charge in [-0.15, -0.1) is 0 Å². The molecule has 0 spiro atoms. The molecule has 6 heteroatoms. The van der Waals surface area contributed by atoms with E-state index in [2.05, 4.69) is 0 Å². The van der Waals surface area contributed by atoms with Crippen LogP contribution in [0.25, 0.3) is 0 Å². The van der Waals surface area contributed by atoms with Crippen molar-refractivity contribution in [1.82, 2.24) is 0 Å². The maximum absolute atomic E-state index is 11.7. The molecule has 0 radical (unpaired) electrons. The molecule has 0 aliphatic rings. The summed E-state index contributed by atoms with van der Waals surface area (Å²) in [6, 6.07) is 6.46. The number of hydrogen-bond donors (Lipinski definition) is 2. The Morgan fingerprint density at radius 1 is 1.13 bits per heavy atom. The fourth-order valence-corrected chi connectivity index (χ4v) is 1.56. The van der Waals surface area contributed by atoms with Gasteiger partial charge in [0.2, 0.25) is 0 Å². The van der Waals surface area contributed by atoms with Gasteiger partial charge in [-0.3, -0.25) is 4.79 Å². The molecular formula is C17H22N2O4. The first-order chi connectivity index (χ1) is 11.0. The molecule has 0 fully saturated rings. The van der Waals surface area contributed by atoms with Crippen molar-refractivity contribution in [1.29, 1.82) is 0 Å². The topological polar surface area (TPSA) is 105 Å². The van der Waals surface area contributed by atoms with Crippen LogP contribution >= 0.6 is 0 Å². The Hall–Kier alpha value is -2.76. The van der Waals surface area contributed by atoms with E-state index in [-0.39, 0.29) is 25.6 Å². The molecule has 0 aromatic heterocycles. The molecule has 1 aromatic carbocycles. The zero-order chi connectivity index (χ0) is 17.1. The van der Waals surface area contributed by atoms with Gasteiger partial charge in [-0.2, -0.15) is 0 Å². The highest BCUT2D eigenvalue weighted by molar-refractivity contribution is 5.89. The molecule has 0 bridgehead atoms. The minimum atomic E-state index is -0.430. The zero-order valence-corrected chi connectivity index (χ0v) is 13.2. The van der Waals surface area contributed by atoms with E-state index >= 15 is 0 Å². The summed E-state index contributed by atoms with van der Waals surface area (Å²) >= 11 is 0. The maximum atomic E-state index is 11.7.